The van der Waals surface area contributed by atoms with E-state index in [0.717, 1.165) is 11.8 Å². The van der Waals surface area contributed by atoms with Crippen molar-refractivity contribution in [3.05, 3.63) is 6.42 Å². The summed E-state index contributed by atoms with van der Waals surface area (Å²) in [6.45, 7) is 17.2. The van der Waals surface area contributed by atoms with Crippen molar-refractivity contribution in [2.75, 3.05) is 0 Å². The SMILES string of the molecule is CC(C)C.CCCC(C)C.C[CH-]C.[Y]. The summed E-state index contributed by atoms with van der Waals surface area (Å²) in [5.74, 6) is 1.73. The van der Waals surface area contributed by atoms with Crippen LogP contribution in [0.3, 0.4) is 0 Å². The molecule has 0 saturated carbocycles. The molecular formula is C13H31Y-. The second-order valence-electron chi connectivity index (χ2n) is 4.49. The standard InChI is InChI=1S/C6H14.C4H10.C3H7.Y/c1-4-5-6(2)3;1-4(2)3;1-3-2;/h6H,4-5H2,1-3H3;4H,1-3H3;3H,1-2H3;/q;;-1;. The maximum Gasteiger partial charge on any atom is 0 e. The zero-order chi connectivity index (χ0) is 11.3. The summed E-state index contributed by atoms with van der Waals surface area (Å²) in [4.78, 5) is 0. The monoisotopic (exact) mass is 276 g/mol. The van der Waals surface area contributed by atoms with Crippen LogP contribution in [0.15, 0.2) is 0 Å². The second-order valence-corrected chi connectivity index (χ2v) is 4.49. The van der Waals surface area contributed by atoms with E-state index in [1.54, 1.807) is 0 Å². The predicted octanol–water partition coefficient (Wildman–Crippen LogP) is 5.33. The van der Waals surface area contributed by atoms with Crippen molar-refractivity contribution < 1.29 is 32.7 Å². The van der Waals surface area contributed by atoms with Gasteiger partial charge in [0.05, 0.1) is 0 Å². The molecule has 0 aromatic heterocycles. The van der Waals surface area contributed by atoms with Crippen LogP contribution in [-0.2, 0) is 32.7 Å². The van der Waals surface area contributed by atoms with E-state index in [2.05, 4.69) is 41.5 Å². The molecule has 1 heteroatoms. The molecule has 0 saturated heterocycles. The second kappa shape index (κ2) is 23.7. The molecule has 0 aromatic rings. The molecule has 0 amide bonds. The molecule has 0 spiro atoms. The van der Waals surface area contributed by atoms with E-state index in [9.17, 15) is 0 Å². The van der Waals surface area contributed by atoms with Crippen LogP contribution in [0.1, 0.15) is 68.2 Å². The average molecular weight is 276 g/mol. The molecule has 87 valence electrons. The Bertz CT molecular complexity index is 55.5. The van der Waals surface area contributed by atoms with Crippen molar-refractivity contribution in [1.29, 1.82) is 0 Å². The van der Waals surface area contributed by atoms with Crippen LogP contribution in [-0.4, -0.2) is 0 Å². The summed E-state index contributed by atoms with van der Waals surface area (Å²) in [5.41, 5.74) is 0. The molecule has 0 bridgehead atoms. The molecule has 0 fully saturated rings. The molecule has 14 heavy (non-hydrogen) atoms. The van der Waals surface area contributed by atoms with Crippen LogP contribution >= 0.6 is 0 Å². The van der Waals surface area contributed by atoms with E-state index in [1.165, 1.54) is 12.8 Å². The Morgan fingerprint density at radius 2 is 1.14 bits per heavy atom. The van der Waals surface area contributed by atoms with E-state index < -0.39 is 0 Å². The summed E-state index contributed by atoms with van der Waals surface area (Å²) in [5, 5.41) is 0. The molecule has 0 unspecified atom stereocenters. The smallest absolute Gasteiger partial charge is 0 e. The van der Waals surface area contributed by atoms with Gasteiger partial charge in [0.25, 0.3) is 0 Å². The van der Waals surface area contributed by atoms with Crippen molar-refractivity contribution >= 4 is 0 Å². The Morgan fingerprint density at radius 3 is 1.14 bits per heavy atom. The van der Waals surface area contributed by atoms with E-state index in [4.69, 9.17) is 0 Å². The zero-order valence-corrected chi connectivity index (χ0v) is 14.6. The Morgan fingerprint density at radius 1 is 0.929 bits per heavy atom. The van der Waals surface area contributed by atoms with Gasteiger partial charge < -0.3 is 6.42 Å². The summed E-state index contributed by atoms with van der Waals surface area (Å²) >= 11 is 0. The van der Waals surface area contributed by atoms with Crippen molar-refractivity contribution in [3.8, 4) is 0 Å². The molecule has 0 aliphatic heterocycles. The van der Waals surface area contributed by atoms with Gasteiger partial charge >= 0.3 is 0 Å². The first-order valence-corrected chi connectivity index (χ1v) is 5.66. The van der Waals surface area contributed by atoms with Crippen molar-refractivity contribution in [1.82, 2.24) is 0 Å². The van der Waals surface area contributed by atoms with Gasteiger partial charge in [-0.15, -0.1) is 0 Å². The molecule has 0 rings (SSSR count). The van der Waals surface area contributed by atoms with Gasteiger partial charge in [-0.05, 0) is 11.8 Å². The maximum atomic E-state index is 2.25. The van der Waals surface area contributed by atoms with E-state index in [1.807, 2.05) is 20.3 Å². The molecular weight excluding hydrogens is 245 g/mol. The fourth-order valence-corrected chi connectivity index (χ4v) is 0.577. The molecule has 0 aromatic carbocycles. The summed E-state index contributed by atoms with van der Waals surface area (Å²) < 4.78 is 0. The van der Waals surface area contributed by atoms with Crippen LogP contribution < -0.4 is 0 Å². The van der Waals surface area contributed by atoms with E-state index in [0.29, 0.717) is 0 Å². The van der Waals surface area contributed by atoms with E-state index >= 15 is 0 Å². The number of rotatable bonds is 2. The number of hydrogen-bond acceptors (Lipinski definition) is 0. The van der Waals surface area contributed by atoms with Gasteiger partial charge in [-0.2, -0.15) is 13.8 Å². The molecule has 0 aliphatic rings. The van der Waals surface area contributed by atoms with Crippen LogP contribution in [0.4, 0.5) is 0 Å². The fraction of sp³-hybridized carbons (Fsp3) is 0.923. The number of hydrogen-bond donors (Lipinski definition) is 0. The Kier molecular flexibility index (Phi) is 41.3. The summed E-state index contributed by atoms with van der Waals surface area (Å²) in [6.07, 6.45) is 4.71. The Balaban J connectivity index is -0.0000000553. The van der Waals surface area contributed by atoms with Gasteiger partial charge in [-0.3, -0.25) is 0 Å². The van der Waals surface area contributed by atoms with Gasteiger partial charge in [0, 0.05) is 32.7 Å². The van der Waals surface area contributed by atoms with Gasteiger partial charge in [-0.1, -0.05) is 54.4 Å². The Hall–Kier alpha value is 1.10. The van der Waals surface area contributed by atoms with Crippen LogP contribution in [0.25, 0.3) is 0 Å². The van der Waals surface area contributed by atoms with E-state index in [-0.39, 0.29) is 32.7 Å². The van der Waals surface area contributed by atoms with Crippen LogP contribution in [0.2, 0.25) is 0 Å². The third kappa shape index (κ3) is 114. The maximum absolute atomic E-state index is 2.25. The molecule has 0 atom stereocenters. The van der Waals surface area contributed by atoms with Gasteiger partial charge in [0.15, 0.2) is 0 Å². The minimum Gasteiger partial charge on any atom is -0.335 e. The molecule has 0 N–H and O–H groups in total. The summed E-state index contributed by atoms with van der Waals surface area (Å²) in [7, 11) is 0. The molecule has 0 nitrogen and oxygen atoms in total. The third-order valence-electron chi connectivity index (χ3n) is 0.866. The van der Waals surface area contributed by atoms with Crippen molar-refractivity contribution in [2.45, 2.75) is 68.2 Å². The first-order valence-electron chi connectivity index (χ1n) is 5.66. The quantitative estimate of drug-likeness (QED) is 0.598. The zero-order valence-electron chi connectivity index (χ0n) is 11.7. The molecule has 1 radical (unpaired) electrons. The molecule has 0 heterocycles. The minimum atomic E-state index is 0. The average Bonchev–Trinajstić information content (AvgIpc) is 1.86. The largest absolute Gasteiger partial charge is 0.335 e. The minimum absolute atomic E-state index is 0. The van der Waals surface area contributed by atoms with Crippen molar-refractivity contribution in [2.24, 2.45) is 11.8 Å². The van der Waals surface area contributed by atoms with Gasteiger partial charge in [0.1, 0.15) is 0 Å². The van der Waals surface area contributed by atoms with Gasteiger partial charge in [0.2, 0.25) is 0 Å². The topological polar surface area (TPSA) is 0 Å². The van der Waals surface area contributed by atoms with Crippen LogP contribution in [0, 0.1) is 18.3 Å². The fourth-order valence-electron chi connectivity index (χ4n) is 0.577. The van der Waals surface area contributed by atoms with Crippen LogP contribution in [0.5, 0.6) is 0 Å². The van der Waals surface area contributed by atoms with Gasteiger partial charge in [-0.25, -0.2) is 0 Å². The first-order chi connectivity index (χ1) is 5.92. The molecule has 0 aliphatic carbocycles. The normalized spacial score (nSPS) is 8.14. The first kappa shape index (κ1) is 24.4. The van der Waals surface area contributed by atoms with Crippen molar-refractivity contribution in [3.63, 3.8) is 0 Å². The predicted molar refractivity (Wildman–Crippen MR) is 65.9 cm³/mol. The summed E-state index contributed by atoms with van der Waals surface area (Å²) in [6, 6.07) is 0. The Labute approximate surface area is 119 Å². The third-order valence-corrected chi connectivity index (χ3v) is 0.866.